The van der Waals surface area contributed by atoms with Gasteiger partial charge >= 0.3 is 5.97 Å². The van der Waals surface area contributed by atoms with Crippen LogP contribution in [0.4, 0.5) is 14.5 Å². The molecule has 1 rings (SSSR count). The predicted octanol–water partition coefficient (Wildman–Crippen LogP) is 3.07. The number of hydrogen-bond acceptors (Lipinski definition) is 2. The Kier molecular flexibility index (Phi) is 5.23. The molecule has 1 aromatic carbocycles. The van der Waals surface area contributed by atoms with Gasteiger partial charge in [0, 0.05) is 19.2 Å². The summed E-state index contributed by atoms with van der Waals surface area (Å²) in [6.07, 6.45) is 3.53. The van der Waals surface area contributed by atoms with Crippen molar-refractivity contribution in [1.82, 2.24) is 0 Å². The van der Waals surface area contributed by atoms with Crippen molar-refractivity contribution in [3.63, 3.8) is 0 Å². The molecule has 0 saturated heterocycles. The molecule has 0 heterocycles. The smallest absolute Gasteiger partial charge is 0.328 e. The number of rotatable bonds is 6. The summed E-state index contributed by atoms with van der Waals surface area (Å²) in [6, 6.07) is 2.20. The molecule has 102 valence electrons. The molecule has 0 bridgehead atoms. The van der Waals surface area contributed by atoms with Gasteiger partial charge < -0.3 is 10.0 Å². The highest BCUT2D eigenvalue weighted by Gasteiger charge is 2.15. The lowest BCUT2D eigenvalue weighted by Gasteiger charge is -2.22. The highest BCUT2D eigenvalue weighted by atomic mass is 19.1. The van der Waals surface area contributed by atoms with E-state index in [1.54, 1.807) is 13.0 Å². The minimum atomic E-state index is -1.17. The molecule has 0 amide bonds. The largest absolute Gasteiger partial charge is 0.478 e. The summed E-state index contributed by atoms with van der Waals surface area (Å²) in [7, 11) is 0. The number of hydrogen-bond donors (Lipinski definition) is 1. The monoisotopic (exact) mass is 267 g/mol. The Hall–Kier alpha value is -2.17. The molecule has 0 radical (unpaired) electrons. The van der Waals surface area contributed by atoms with Crippen LogP contribution in [0.5, 0.6) is 0 Å². The van der Waals surface area contributed by atoms with Crippen LogP contribution in [-0.4, -0.2) is 24.2 Å². The van der Waals surface area contributed by atoms with Crippen LogP contribution in [0.3, 0.4) is 0 Å². The van der Waals surface area contributed by atoms with Gasteiger partial charge in [0.05, 0.1) is 0 Å². The first-order chi connectivity index (χ1) is 8.99. The van der Waals surface area contributed by atoms with Crippen LogP contribution < -0.4 is 4.90 Å². The van der Waals surface area contributed by atoms with Crippen LogP contribution in [0.2, 0.25) is 0 Å². The number of aliphatic carboxylic acids is 1. The number of anilines is 1. The van der Waals surface area contributed by atoms with Crippen molar-refractivity contribution in [2.75, 3.05) is 18.0 Å². The number of likely N-dealkylation sites (N-methyl/N-ethyl adjacent to an activating group) is 1. The second kappa shape index (κ2) is 6.68. The zero-order valence-corrected chi connectivity index (χ0v) is 10.6. The van der Waals surface area contributed by atoms with Gasteiger partial charge in [0.25, 0.3) is 0 Å². The van der Waals surface area contributed by atoms with Gasteiger partial charge in [-0.1, -0.05) is 6.08 Å². The number of carbonyl (C=O) groups is 1. The molecule has 0 aliphatic heterocycles. The lowest BCUT2D eigenvalue weighted by molar-refractivity contribution is -0.131. The molecule has 0 spiro atoms. The van der Waals surface area contributed by atoms with E-state index in [9.17, 15) is 13.6 Å². The normalized spacial score (nSPS) is 10.7. The molecule has 3 nitrogen and oxygen atoms in total. The van der Waals surface area contributed by atoms with Gasteiger partial charge in [0.15, 0.2) is 0 Å². The number of benzene rings is 1. The molecule has 1 aromatic rings. The van der Waals surface area contributed by atoms with Crippen LogP contribution in [-0.2, 0) is 4.79 Å². The molecule has 19 heavy (non-hydrogen) atoms. The Labute approximate surface area is 110 Å². The first kappa shape index (κ1) is 14.9. The minimum absolute atomic E-state index is 0.130. The summed E-state index contributed by atoms with van der Waals surface area (Å²) in [6.45, 7) is 6.08. The SMILES string of the molecule is C=CCN(CC)c1c(F)cc(/C=C/C(=O)O)cc1F. The van der Waals surface area contributed by atoms with E-state index >= 15 is 0 Å². The molecular formula is C14H15F2NO2. The molecule has 5 heteroatoms. The quantitative estimate of drug-likeness (QED) is 0.636. The third-order valence-corrected chi connectivity index (χ3v) is 2.51. The summed E-state index contributed by atoms with van der Waals surface area (Å²) in [5, 5.41) is 8.47. The highest BCUT2D eigenvalue weighted by molar-refractivity contribution is 5.85. The van der Waals surface area contributed by atoms with E-state index in [1.807, 2.05) is 0 Å². The first-order valence-corrected chi connectivity index (χ1v) is 5.75. The summed E-state index contributed by atoms with van der Waals surface area (Å²) >= 11 is 0. The Morgan fingerprint density at radius 2 is 2.00 bits per heavy atom. The Balaban J connectivity index is 3.16. The van der Waals surface area contributed by atoms with E-state index < -0.39 is 17.6 Å². The van der Waals surface area contributed by atoms with Crippen molar-refractivity contribution < 1.29 is 18.7 Å². The highest BCUT2D eigenvalue weighted by Crippen LogP contribution is 2.25. The molecule has 0 aromatic heterocycles. The van der Waals surface area contributed by atoms with Crippen molar-refractivity contribution >= 4 is 17.7 Å². The third kappa shape index (κ3) is 3.91. The number of carboxylic acids is 1. The van der Waals surface area contributed by atoms with Gasteiger partial charge in [0.1, 0.15) is 17.3 Å². The minimum Gasteiger partial charge on any atom is -0.478 e. The van der Waals surface area contributed by atoms with Crippen molar-refractivity contribution in [1.29, 1.82) is 0 Å². The maximum atomic E-state index is 13.9. The molecule has 0 fully saturated rings. The molecule has 1 N–H and O–H groups in total. The maximum absolute atomic E-state index is 13.9. The van der Waals surface area contributed by atoms with Gasteiger partial charge in [-0.15, -0.1) is 6.58 Å². The Morgan fingerprint density at radius 3 is 2.42 bits per heavy atom. The fourth-order valence-electron chi connectivity index (χ4n) is 1.69. The van der Waals surface area contributed by atoms with Crippen molar-refractivity contribution in [3.8, 4) is 0 Å². The Morgan fingerprint density at radius 1 is 1.42 bits per heavy atom. The molecule has 0 unspecified atom stereocenters. The van der Waals surface area contributed by atoms with Gasteiger partial charge in [0.2, 0.25) is 0 Å². The zero-order chi connectivity index (χ0) is 14.4. The number of halogens is 2. The standard InChI is InChI=1S/C14H15F2NO2/c1-3-7-17(4-2)14-11(15)8-10(9-12(14)16)5-6-13(18)19/h3,5-6,8-9H,1,4,7H2,2H3,(H,18,19)/b6-5+. The fourth-order valence-corrected chi connectivity index (χ4v) is 1.69. The van der Waals surface area contributed by atoms with E-state index in [2.05, 4.69) is 6.58 Å². The molecule has 0 atom stereocenters. The first-order valence-electron chi connectivity index (χ1n) is 5.75. The van der Waals surface area contributed by atoms with Gasteiger partial charge in [-0.25, -0.2) is 13.6 Å². The van der Waals surface area contributed by atoms with Crippen LogP contribution in [0.25, 0.3) is 6.08 Å². The van der Waals surface area contributed by atoms with Crippen molar-refractivity contribution in [2.45, 2.75) is 6.92 Å². The van der Waals surface area contributed by atoms with E-state index in [-0.39, 0.29) is 11.3 Å². The molecule has 0 aliphatic carbocycles. The summed E-state index contributed by atoms with van der Waals surface area (Å²) in [5.74, 6) is -2.63. The molecule has 0 aliphatic rings. The zero-order valence-electron chi connectivity index (χ0n) is 10.6. The Bertz CT molecular complexity index is 489. The lowest BCUT2D eigenvalue weighted by atomic mass is 10.1. The van der Waals surface area contributed by atoms with E-state index in [4.69, 9.17) is 5.11 Å². The molecule has 0 saturated carbocycles. The number of carboxylic acid groups (broad SMARTS) is 1. The lowest BCUT2D eigenvalue weighted by Crippen LogP contribution is -2.24. The van der Waals surface area contributed by atoms with Crippen molar-refractivity contribution in [2.24, 2.45) is 0 Å². The summed E-state index contributed by atoms with van der Waals surface area (Å²) in [5.41, 5.74) is 0.0330. The van der Waals surface area contributed by atoms with Crippen LogP contribution >= 0.6 is 0 Å². The van der Waals surface area contributed by atoms with E-state index in [0.717, 1.165) is 24.3 Å². The average Bonchev–Trinajstić information content (AvgIpc) is 2.34. The van der Waals surface area contributed by atoms with E-state index in [0.29, 0.717) is 13.1 Å². The van der Waals surface area contributed by atoms with Crippen molar-refractivity contribution in [3.05, 3.63) is 48.1 Å². The second-order valence-electron chi connectivity index (χ2n) is 3.83. The van der Waals surface area contributed by atoms with Gasteiger partial charge in [-0.05, 0) is 30.7 Å². The summed E-state index contributed by atoms with van der Waals surface area (Å²) in [4.78, 5) is 11.9. The second-order valence-corrected chi connectivity index (χ2v) is 3.83. The molecular weight excluding hydrogens is 252 g/mol. The van der Waals surface area contributed by atoms with Crippen LogP contribution in [0.15, 0.2) is 30.9 Å². The van der Waals surface area contributed by atoms with Crippen LogP contribution in [0, 0.1) is 11.6 Å². The summed E-state index contributed by atoms with van der Waals surface area (Å²) < 4.78 is 27.8. The predicted molar refractivity (Wildman–Crippen MR) is 71.1 cm³/mol. The van der Waals surface area contributed by atoms with Gasteiger partial charge in [-0.3, -0.25) is 0 Å². The van der Waals surface area contributed by atoms with E-state index in [1.165, 1.54) is 4.90 Å². The third-order valence-electron chi connectivity index (χ3n) is 2.51. The topological polar surface area (TPSA) is 40.5 Å². The fraction of sp³-hybridized carbons (Fsp3) is 0.214. The van der Waals surface area contributed by atoms with Crippen LogP contribution in [0.1, 0.15) is 12.5 Å². The average molecular weight is 267 g/mol. The van der Waals surface area contributed by atoms with Gasteiger partial charge in [-0.2, -0.15) is 0 Å². The number of nitrogens with zero attached hydrogens (tertiary/aromatic N) is 1. The maximum Gasteiger partial charge on any atom is 0.328 e.